The average Bonchev–Trinajstić information content (AvgIpc) is 2.06. The summed E-state index contributed by atoms with van der Waals surface area (Å²) in [4.78, 5) is 0. The van der Waals surface area contributed by atoms with Gasteiger partial charge in [0.25, 0.3) is 0 Å². The largest absolute Gasteiger partial charge is 0.396 e. The Hall–Kier alpha value is -0.0800. The van der Waals surface area contributed by atoms with Crippen LogP contribution in [0.2, 0.25) is 0 Å². The van der Waals surface area contributed by atoms with Gasteiger partial charge >= 0.3 is 0 Å². The van der Waals surface area contributed by atoms with Gasteiger partial charge in [-0.3, -0.25) is 0 Å². The number of aliphatic hydroxyl groups excluding tert-OH is 2. The second-order valence-corrected chi connectivity index (χ2v) is 3.92. The fourth-order valence-electron chi connectivity index (χ4n) is 0.418. The van der Waals surface area contributed by atoms with E-state index in [1.54, 1.807) is 0 Å². The summed E-state index contributed by atoms with van der Waals surface area (Å²) in [6, 6.07) is 0. The van der Waals surface area contributed by atoms with E-state index in [1.165, 1.54) is 6.42 Å². The Balaban J connectivity index is -0.000000138. The maximum atomic E-state index is 8.55. The molecule has 2 nitrogen and oxygen atoms in total. The molecule has 2 heteroatoms. The van der Waals surface area contributed by atoms with Crippen LogP contribution in [0.4, 0.5) is 0 Å². The van der Waals surface area contributed by atoms with E-state index in [4.69, 9.17) is 10.2 Å². The predicted molar refractivity (Wildman–Crippen MR) is 64.5 cm³/mol. The van der Waals surface area contributed by atoms with Crippen LogP contribution >= 0.6 is 0 Å². The van der Waals surface area contributed by atoms with Crippen molar-refractivity contribution in [2.75, 3.05) is 6.61 Å². The third-order valence-electron chi connectivity index (χ3n) is 1.07. The first kappa shape index (κ1) is 19.5. The van der Waals surface area contributed by atoms with Crippen molar-refractivity contribution in [3.05, 3.63) is 0 Å². The summed E-state index contributed by atoms with van der Waals surface area (Å²) in [5, 5.41) is 16.7. The van der Waals surface area contributed by atoms with Crippen LogP contribution in [0, 0.1) is 5.92 Å². The van der Waals surface area contributed by atoms with Crippen LogP contribution in [-0.2, 0) is 0 Å². The molecule has 2 N–H and O–H groups in total. The zero-order valence-electron chi connectivity index (χ0n) is 10.9. The van der Waals surface area contributed by atoms with E-state index in [2.05, 4.69) is 20.8 Å². The summed E-state index contributed by atoms with van der Waals surface area (Å²) in [6.07, 6.45) is 3.16. The summed E-state index contributed by atoms with van der Waals surface area (Å²) in [5.74, 6) is 0.440. The molecule has 0 aliphatic rings. The Morgan fingerprint density at radius 2 is 1.29 bits per heavy atom. The second kappa shape index (κ2) is 18.7. The number of aliphatic hydroxyl groups is 2. The highest BCUT2D eigenvalue weighted by Crippen LogP contribution is 1.91. The van der Waals surface area contributed by atoms with Crippen LogP contribution in [-0.4, -0.2) is 22.9 Å². The van der Waals surface area contributed by atoms with Crippen LogP contribution < -0.4 is 0 Å². The van der Waals surface area contributed by atoms with Gasteiger partial charge in [-0.25, -0.2) is 0 Å². The Morgan fingerprint density at radius 1 is 1.00 bits per heavy atom. The lowest BCUT2D eigenvalue weighted by molar-refractivity contribution is 0.183. The summed E-state index contributed by atoms with van der Waals surface area (Å²) >= 11 is 0. The predicted octanol–water partition coefficient (Wildman–Crippen LogP) is 3.22. The van der Waals surface area contributed by atoms with Crippen molar-refractivity contribution in [2.45, 2.75) is 66.9 Å². The molecule has 0 amide bonds. The number of hydrogen-bond acceptors (Lipinski definition) is 2. The van der Waals surface area contributed by atoms with Crippen LogP contribution in [0.1, 0.15) is 60.8 Å². The Labute approximate surface area is 90.4 Å². The minimum absolute atomic E-state index is 0.102. The first-order valence-electron chi connectivity index (χ1n) is 5.74. The molecular weight excluding hydrogens is 176 g/mol. The highest BCUT2D eigenvalue weighted by atomic mass is 16.3. The molecule has 0 saturated heterocycles. The molecule has 1 atom stereocenters. The molecule has 1 unspecified atom stereocenters. The number of rotatable bonds is 3. The van der Waals surface area contributed by atoms with Gasteiger partial charge in [-0.2, -0.15) is 0 Å². The lowest BCUT2D eigenvalue weighted by Gasteiger charge is -1.95. The molecule has 0 saturated carbocycles. The van der Waals surface area contributed by atoms with Gasteiger partial charge in [-0.15, -0.1) is 0 Å². The molecule has 0 heterocycles. The maximum absolute atomic E-state index is 8.55. The molecule has 0 aromatic carbocycles. The molecule has 90 valence electrons. The quantitative estimate of drug-likeness (QED) is 0.744. The molecule has 0 rings (SSSR count). The van der Waals surface area contributed by atoms with Crippen molar-refractivity contribution >= 4 is 0 Å². The van der Waals surface area contributed by atoms with E-state index < -0.39 is 0 Å². The fourth-order valence-corrected chi connectivity index (χ4v) is 0.418. The van der Waals surface area contributed by atoms with Gasteiger partial charge in [0.05, 0.1) is 6.10 Å². The second-order valence-electron chi connectivity index (χ2n) is 3.92. The van der Waals surface area contributed by atoms with Gasteiger partial charge in [0, 0.05) is 6.61 Å². The van der Waals surface area contributed by atoms with Gasteiger partial charge in [0.15, 0.2) is 0 Å². The normalized spacial score (nSPS) is 10.9. The monoisotopic (exact) mass is 206 g/mol. The van der Waals surface area contributed by atoms with E-state index in [0.717, 1.165) is 12.8 Å². The SMILES string of the molecule is CC(C)CO.CCC.CCCC(C)O. The maximum Gasteiger partial charge on any atom is 0.0512 e. The van der Waals surface area contributed by atoms with Crippen LogP contribution in [0.15, 0.2) is 0 Å². The summed E-state index contributed by atoms with van der Waals surface area (Å²) in [5.41, 5.74) is 0. The molecule has 0 radical (unpaired) electrons. The average molecular weight is 206 g/mol. The molecule has 0 aromatic rings. The van der Waals surface area contributed by atoms with Gasteiger partial charge in [0.1, 0.15) is 0 Å². The first-order chi connectivity index (χ1) is 6.45. The van der Waals surface area contributed by atoms with Crippen LogP contribution in [0.25, 0.3) is 0 Å². The van der Waals surface area contributed by atoms with Gasteiger partial charge in [0.2, 0.25) is 0 Å². The van der Waals surface area contributed by atoms with Crippen molar-refractivity contribution in [1.29, 1.82) is 0 Å². The van der Waals surface area contributed by atoms with Gasteiger partial charge in [-0.05, 0) is 19.3 Å². The molecule has 0 spiro atoms. The van der Waals surface area contributed by atoms with Crippen molar-refractivity contribution < 1.29 is 10.2 Å². The smallest absolute Gasteiger partial charge is 0.0512 e. The molecule has 0 bridgehead atoms. The lowest BCUT2D eigenvalue weighted by atomic mass is 10.2. The Morgan fingerprint density at radius 3 is 1.29 bits per heavy atom. The molecule has 14 heavy (non-hydrogen) atoms. The minimum atomic E-state index is -0.102. The van der Waals surface area contributed by atoms with Gasteiger partial charge in [-0.1, -0.05) is 47.5 Å². The van der Waals surface area contributed by atoms with E-state index in [9.17, 15) is 0 Å². The third-order valence-corrected chi connectivity index (χ3v) is 1.07. The Bertz CT molecular complexity index is 70.7. The van der Waals surface area contributed by atoms with E-state index in [-0.39, 0.29) is 6.10 Å². The summed E-state index contributed by atoms with van der Waals surface area (Å²) in [6.45, 7) is 12.4. The minimum Gasteiger partial charge on any atom is -0.396 e. The van der Waals surface area contributed by atoms with Crippen LogP contribution in [0.3, 0.4) is 0 Å². The molecule has 0 aliphatic heterocycles. The van der Waals surface area contributed by atoms with Crippen LogP contribution in [0.5, 0.6) is 0 Å². The Kier molecular flexibility index (Phi) is 26.0. The molecule has 0 fully saturated rings. The van der Waals surface area contributed by atoms with Crippen molar-refractivity contribution in [3.8, 4) is 0 Å². The summed E-state index contributed by atoms with van der Waals surface area (Å²) < 4.78 is 0. The highest BCUT2D eigenvalue weighted by molar-refractivity contribution is 4.40. The van der Waals surface area contributed by atoms with E-state index in [1.807, 2.05) is 20.8 Å². The standard InChI is InChI=1S/C5H12O.C4H10O.C3H8/c1-3-4-5(2)6;1-4(2)3-5;1-3-2/h5-6H,3-4H2,1-2H3;4-5H,3H2,1-2H3;3H2,1-2H3. The zero-order valence-corrected chi connectivity index (χ0v) is 10.9. The summed E-state index contributed by atoms with van der Waals surface area (Å²) in [7, 11) is 0. The fraction of sp³-hybridized carbons (Fsp3) is 1.00. The van der Waals surface area contributed by atoms with Crippen molar-refractivity contribution in [2.24, 2.45) is 5.92 Å². The number of hydrogen-bond donors (Lipinski definition) is 2. The molecular formula is C12H30O2. The zero-order chi connectivity index (χ0) is 12.0. The highest BCUT2D eigenvalue weighted by Gasteiger charge is 1.87. The topological polar surface area (TPSA) is 40.5 Å². The molecule has 0 aromatic heterocycles. The van der Waals surface area contributed by atoms with E-state index in [0.29, 0.717) is 12.5 Å². The van der Waals surface area contributed by atoms with Crippen molar-refractivity contribution in [3.63, 3.8) is 0 Å². The molecule has 0 aliphatic carbocycles. The third kappa shape index (κ3) is 58.7. The van der Waals surface area contributed by atoms with Crippen molar-refractivity contribution in [1.82, 2.24) is 0 Å². The van der Waals surface area contributed by atoms with Gasteiger partial charge < -0.3 is 10.2 Å². The lowest BCUT2D eigenvalue weighted by Crippen LogP contribution is -1.95. The first-order valence-corrected chi connectivity index (χ1v) is 5.74. The van der Waals surface area contributed by atoms with E-state index >= 15 is 0 Å².